The van der Waals surface area contributed by atoms with Crippen LogP contribution in [-0.4, -0.2) is 54.7 Å². The number of para-hydroxylation sites is 1. The van der Waals surface area contributed by atoms with Gasteiger partial charge in [0.15, 0.2) is 0 Å². The second-order valence-corrected chi connectivity index (χ2v) is 11.8. The Morgan fingerprint density at radius 3 is 2.20 bits per heavy atom. The maximum Gasteiger partial charge on any atom is 0.333 e. The van der Waals surface area contributed by atoms with E-state index in [0.29, 0.717) is 0 Å². The van der Waals surface area contributed by atoms with Crippen LogP contribution in [0, 0.1) is 0 Å². The van der Waals surface area contributed by atoms with Crippen molar-refractivity contribution < 1.29 is 17.7 Å². The summed E-state index contributed by atoms with van der Waals surface area (Å²) >= 11 is 0. The van der Waals surface area contributed by atoms with Crippen molar-refractivity contribution in [3.05, 3.63) is 84.9 Å². The van der Waals surface area contributed by atoms with Crippen molar-refractivity contribution in [2.45, 2.75) is 51.0 Å². The number of ether oxygens (including phenoxy) is 1. The molecule has 0 radical (unpaired) electrons. The number of hydrogen-bond donors (Lipinski definition) is 2. The summed E-state index contributed by atoms with van der Waals surface area (Å²) in [5, 5.41) is 1.25. The van der Waals surface area contributed by atoms with E-state index in [4.69, 9.17) is 9.29 Å². The number of rotatable bonds is 8. The monoisotopic (exact) mass is 561 g/mol. The third kappa shape index (κ3) is 7.73. The lowest BCUT2D eigenvalue weighted by Gasteiger charge is -2.20. The minimum atomic E-state index is -3.97. The van der Waals surface area contributed by atoms with Gasteiger partial charge in [-0.3, -0.25) is 9.45 Å². The number of aromatic nitrogens is 1. The molecule has 0 atom stereocenters. The summed E-state index contributed by atoms with van der Waals surface area (Å²) in [6.07, 6.45) is 7.61. The van der Waals surface area contributed by atoms with Gasteiger partial charge in [-0.2, -0.15) is 13.1 Å². The molecule has 1 aliphatic heterocycles. The van der Waals surface area contributed by atoms with Crippen molar-refractivity contribution in [1.82, 2.24) is 14.2 Å². The van der Waals surface area contributed by atoms with Crippen molar-refractivity contribution in [3.8, 4) is 22.7 Å². The third-order valence-electron chi connectivity index (χ3n) is 7.67. The minimum Gasteiger partial charge on any atom is -0.492 e. The summed E-state index contributed by atoms with van der Waals surface area (Å²) in [4.78, 5) is 2.48. The van der Waals surface area contributed by atoms with Gasteiger partial charge in [0, 0.05) is 23.7 Å². The second kappa shape index (κ2) is 13.5. The highest BCUT2D eigenvalue weighted by Gasteiger charge is 2.17. The maximum absolute atomic E-state index is 10.3. The molecule has 8 heteroatoms. The molecule has 3 aromatic carbocycles. The van der Waals surface area contributed by atoms with Crippen LogP contribution in [0.4, 0.5) is 0 Å². The fraction of sp³-hybridized carbons (Fsp3) is 0.375. The van der Waals surface area contributed by atoms with Gasteiger partial charge in [0.25, 0.3) is 0 Å². The van der Waals surface area contributed by atoms with Crippen LogP contribution < -0.4 is 9.46 Å². The molecule has 1 aromatic heterocycles. The van der Waals surface area contributed by atoms with Crippen molar-refractivity contribution >= 4 is 21.2 Å². The first-order valence-electron chi connectivity index (χ1n) is 14.3. The van der Waals surface area contributed by atoms with Crippen molar-refractivity contribution in [1.29, 1.82) is 0 Å². The SMILES string of the molecule is O=S(=O)(O)NC1CCCCC1.c1ccc(-c2cc3ccccc3n2-c2ccc(OCCN3CCCC3)cc2)cc1. The average molecular weight is 562 g/mol. The molecule has 4 aromatic rings. The maximum atomic E-state index is 10.3. The Labute approximate surface area is 237 Å². The third-order valence-corrected chi connectivity index (χ3v) is 8.30. The predicted molar refractivity (Wildman–Crippen MR) is 161 cm³/mol. The summed E-state index contributed by atoms with van der Waals surface area (Å²) in [7, 11) is -3.97. The van der Waals surface area contributed by atoms with Crippen molar-refractivity contribution in [2.75, 3.05) is 26.2 Å². The fourth-order valence-electron chi connectivity index (χ4n) is 5.68. The van der Waals surface area contributed by atoms with Crippen LogP contribution in [0.2, 0.25) is 0 Å². The summed E-state index contributed by atoms with van der Waals surface area (Å²) < 4.78 is 39.6. The number of nitrogens with zero attached hydrogens (tertiary/aromatic N) is 2. The van der Waals surface area contributed by atoms with Gasteiger partial charge in [0.2, 0.25) is 0 Å². The quantitative estimate of drug-likeness (QED) is 0.241. The molecule has 0 amide bonds. The Hall–Kier alpha value is -3.17. The molecule has 40 heavy (non-hydrogen) atoms. The Bertz CT molecular complexity index is 1460. The fourth-order valence-corrected chi connectivity index (χ4v) is 6.33. The lowest BCUT2D eigenvalue weighted by Crippen LogP contribution is -2.35. The zero-order valence-corrected chi connectivity index (χ0v) is 23.7. The molecule has 7 nitrogen and oxygen atoms in total. The van der Waals surface area contributed by atoms with E-state index in [9.17, 15) is 8.42 Å². The van der Waals surface area contributed by atoms with Gasteiger partial charge in [-0.05, 0) is 80.7 Å². The van der Waals surface area contributed by atoms with Crippen molar-refractivity contribution in [3.63, 3.8) is 0 Å². The molecule has 1 saturated carbocycles. The molecule has 2 fully saturated rings. The molecule has 2 heterocycles. The molecular weight excluding hydrogens is 522 g/mol. The zero-order valence-electron chi connectivity index (χ0n) is 22.9. The highest BCUT2D eigenvalue weighted by Crippen LogP contribution is 2.32. The van der Waals surface area contributed by atoms with Crippen LogP contribution in [0.1, 0.15) is 44.9 Å². The zero-order chi connectivity index (χ0) is 27.8. The minimum absolute atomic E-state index is 0.0428. The van der Waals surface area contributed by atoms with Crippen molar-refractivity contribution in [2.24, 2.45) is 0 Å². The van der Waals surface area contributed by atoms with Gasteiger partial charge in [-0.25, -0.2) is 0 Å². The first-order chi connectivity index (χ1) is 19.5. The Balaban J connectivity index is 0.000000248. The smallest absolute Gasteiger partial charge is 0.333 e. The van der Waals surface area contributed by atoms with E-state index in [0.717, 1.165) is 50.3 Å². The van der Waals surface area contributed by atoms with E-state index >= 15 is 0 Å². The Morgan fingerprint density at radius 2 is 1.50 bits per heavy atom. The number of likely N-dealkylation sites (tertiary alicyclic amines) is 1. The Kier molecular flexibility index (Phi) is 9.54. The molecule has 6 rings (SSSR count). The lowest BCUT2D eigenvalue weighted by molar-refractivity contribution is 0.238. The highest BCUT2D eigenvalue weighted by atomic mass is 32.2. The highest BCUT2D eigenvalue weighted by molar-refractivity contribution is 7.83. The first-order valence-corrected chi connectivity index (χ1v) is 15.8. The van der Waals surface area contributed by atoms with Gasteiger partial charge >= 0.3 is 10.3 Å². The molecule has 0 unspecified atom stereocenters. The van der Waals surface area contributed by atoms with E-state index in [2.05, 4.69) is 99.1 Å². The van der Waals surface area contributed by atoms with E-state index in [1.54, 1.807) is 0 Å². The van der Waals surface area contributed by atoms with Crippen LogP contribution in [-0.2, 0) is 10.3 Å². The van der Waals surface area contributed by atoms with Gasteiger partial charge in [-0.15, -0.1) is 0 Å². The molecule has 1 aliphatic carbocycles. The van der Waals surface area contributed by atoms with E-state index in [-0.39, 0.29) is 6.04 Å². The topological polar surface area (TPSA) is 83.8 Å². The molecule has 1 saturated heterocycles. The number of nitrogens with one attached hydrogen (secondary N) is 1. The van der Waals surface area contributed by atoms with Crippen LogP contribution in [0.15, 0.2) is 84.9 Å². The van der Waals surface area contributed by atoms with Gasteiger partial charge in [-0.1, -0.05) is 67.8 Å². The molecule has 212 valence electrons. The van der Waals surface area contributed by atoms with Crippen LogP contribution >= 0.6 is 0 Å². The first kappa shape index (κ1) is 28.4. The number of benzene rings is 3. The molecule has 0 spiro atoms. The average Bonchev–Trinajstić information content (AvgIpc) is 3.62. The second-order valence-electron chi connectivity index (χ2n) is 10.6. The standard InChI is InChI=1S/C26H26N2O.C6H13NO3S/c1-2-8-21(9-3-1)26-20-22-10-4-5-11-25(22)28(26)23-12-14-24(15-13-23)29-19-18-27-16-6-7-17-27;8-11(9,10)7-6-4-2-1-3-5-6/h1-5,8-15,20H,6-7,16-19H2;6-7H,1-5H2,(H,8,9,10). The van der Waals surface area contributed by atoms with Crippen LogP contribution in [0.3, 0.4) is 0 Å². The Morgan fingerprint density at radius 1 is 0.825 bits per heavy atom. The number of hydrogen-bond acceptors (Lipinski definition) is 4. The summed E-state index contributed by atoms with van der Waals surface area (Å²) in [6, 6.07) is 29.8. The van der Waals surface area contributed by atoms with Gasteiger partial charge < -0.3 is 9.30 Å². The lowest BCUT2D eigenvalue weighted by atomic mass is 9.96. The summed E-state index contributed by atoms with van der Waals surface area (Å²) in [5.41, 5.74) is 4.79. The van der Waals surface area contributed by atoms with Gasteiger partial charge in [0.1, 0.15) is 12.4 Å². The number of fused-ring (bicyclic) bond motifs is 1. The molecule has 2 aliphatic rings. The van der Waals surface area contributed by atoms with E-state index in [1.165, 1.54) is 54.5 Å². The summed E-state index contributed by atoms with van der Waals surface area (Å²) in [6.45, 7) is 4.19. The normalized spacial score (nSPS) is 16.5. The van der Waals surface area contributed by atoms with E-state index in [1.807, 2.05) is 0 Å². The molecule has 0 bridgehead atoms. The summed E-state index contributed by atoms with van der Waals surface area (Å²) in [5.74, 6) is 0.936. The van der Waals surface area contributed by atoms with Crippen LogP contribution in [0.25, 0.3) is 27.8 Å². The molecular formula is C32H39N3O4S. The van der Waals surface area contributed by atoms with E-state index < -0.39 is 10.3 Å². The largest absolute Gasteiger partial charge is 0.492 e. The predicted octanol–water partition coefficient (Wildman–Crippen LogP) is 6.48. The van der Waals surface area contributed by atoms with Crippen LogP contribution in [0.5, 0.6) is 5.75 Å². The van der Waals surface area contributed by atoms with Gasteiger partial charge in [0.05, 0.1) is 11.2 Å². The molecule has 2 N–H and O–H groups in total.